The maximum Gasteiger partial charge on any atom is 0.147 e. The molecule has 0 unspecified atom stereocenters. The van der Waals surface area contributed by atoms with Gasteiger partial charge in [-0.05, 0) is 185 Å². The maximum absolute atomic E-state index is 4.38. The van der Waals surface area contributed by atoms with Gasteiger partial charge in [-0.25, -0.2) is 54.8 Å². The summed E-state index contributed by atoms with van der Waals surface area (Å²) < 4.78 is 0. The van der Waals surface area contributed by atoms with Gasteiger partial charge in [0.15, 0.2) is 0 Å². The van der Waals surface area contributed by atoms with Gasteiger partial charge in [0.05, 0.1) is 40.5 Å². The first-order chi connectivity index (χ1) is 50.0. The Morgan fingerprint density at radius 3 is 1.20 bits per heavy atom. The van der Waals surface area contributed by atoms with Crippen molar-refractivity contribution in [1.82, 2.24) is 120 Å². The van der Waals surface area contributed by atoms with Crippen molar-refractivity contribution in [3.05, 3.63) is 363 Å². The molecule has 24 nitrogen and oxygen atoms in total. The Morgan fingerprint density at radius 1 is 0.204 bits per heavy atom. The summed E-state index contributed by atoms with van der Waals surface area (Å²) >= 11 is 0. The third-order valence-electron chi connectivity index (χ3n) is 12.3. The molecule has 0 atom stereocenters. The normalized spacial score (nSPS) is 9.21. The van der Waals surface area contributed by atoms with E-state index in [2.05, 4.69) is 151 Å². The third kappa shape index (κ3) is 41.5. The molecular formula is C79H86N24. The predicted molar refractivity (Wildman–Crippen MR) is 405 cm³/mol. The van der Waals surface area contributed by atoms with Crippen molar-refractivity contribution in [2.45, 2.75) is 90.0 Å². The van der Waals surface area contributed by atoms with E-state index < -0.39 is 0 Å². The first-order valence-electron chi connectivity index (χ1n) is 32.2. The Bertz CT molecular complexity index is 3890. The summed E-state index contributed by atoms with van der Waals surface area (Å²) in [5.74, 6) is 3.11. The van der Waals surface area contributed by atoms with E-state index in [4.69, 9.17) is 0 Å². The Balaban J connectivity index is 0.000000238. The fraction of sp³-hybridized carbons (Fsp3) is 0.165. The zero-order valence-electron chi connectivity index (χ0n) is 60.4. The summed E-state index contributed by atoms with van der Waals surface area (Å²) in [6.45, 7) is 25.0. The molecule has 0 spiro atoms. The molecule has 522 valence electrons. The van der Waals surface area contributed by atoms with E-state index in [0.717, 1.165) is 73.8 Å². The monoisotopic (exact) mass is 1370 g/mol. The van der Waals surface area contributed by atoms with Crippen LogP contribution in [-0.4, -0.2) is 120 Å². The molecule has 16 rings (SSSR count). The van der Waals surface area contributed by atoms with Crippen molar-refractivity contribution in [3.8, 4) is 0 Å². The van der Waals surface area contributed by atoms with Crippen LogP contribution in [0.25, 0.3) is 32.6 Å². The van der Waals surface area contributed by atoms with Gasteiger partial charge >= 0.3 is 0 Å². The van der Waals surface area contributed by atoms with Crippen LogP contribution >= 0.6 is 0 Å². The molecule has 0 aliphatic rings. The average Bonchev–Trinajstić information content (AvgIpc) is 0.874. The van der Waals surface area contributed by atoms with E-state index in [1.165, 1.54) is 52.6 Å². The molecule has 103 heavy (non-hydrogen) atoms. The molecule has 13 aromatic heterocycles. The number of rotatable bonds is 0. The number of benzene rings is 3. The molecule has 3 aromatic carbocycles. The van der Waals surface area contributed by atoms with E-state index in [9.17, 15) is 0 Å². The van der Waals surface area contributed by atoms with Crippen LogP contribution in [0.15, 0.2) is 288 Å². The van der Waals surface area contributed by atoms with E-state index in [-0.39, 0.29) is 0 Å². The summed E-state index contributed by atoms with van der Waals surface area (Å²) in [6.07, 6.45) is 35.3. The Labute approximate surface area is 602 Å². The van der Waals surface area contributed by atoms with E-state index in [1.54, 1.807) is 99.7 Å². The highest BCUT2D eigenvalue weighted by molar-refractivity contribution is 5.81. The Hall–Kier alpha value is -13.4. The summed E-state index contributed by atoms with van der Waals surface area (Å²) in [7, 11) is 0. The minimum absolute atomic E-state index is 0.711. The average molecular weight is 1370 g/mol. The van der Waals surface area contributed by atoms with Crippen LogP contribution < -0.4 is 0 Å². The molecule has 16 aromatic rings. The molecule has 0 aliphatic carbocycles. The van der Waals surface area contributed by atoms with Gasteiger partial charge in [-0.3, -0.25) is 34.9 Å². The lowest BCUT2D eigenvalue weighted by Gasteiger charge is -1.96. The number of hydrogen-bond acceptors (Lipinski definition) is 24. The number of pyridine rings is 5. The number of para-hydroxylation sites is 2. The van der Waals surface area contributed by atoms with E-state index >= 15 is 0 Å². The second-order valence-electron chi connectivity index (χ2n) is 21.3. The highest BCUT2D eigenvalue weighted by Crippen LogP contribution is 2.13. The zero-order chi connectivity index (χ0) is 74.2. The number of fused-ring (bicyclic) bond motifs is 3. The molecule has 0 bridgehead atoms. The van der Waals surface area contributed by atoms with Crippen molar-refractivity contribution in [3.63, 3.8) is 0 Å². The van der Waals surface area contributed by atoms with Gasteiger partial charge in [0.2, 0.25) is 0 Å². The summed E-state index contributed by atoms with van der Waals surface area (Å²) in [4.78, 5) is 70.5. The number of aryl methyl sites for hydroxylation is 13. The molecular weight excluding hydrogens is 1290 g/mol. The zero-order valence-corrected chi connectivity index (χ0v) is 60.4. The molecule has 0 saturated heterocycles. The SMILES string of the molecule is Cc1cc2ccccc2cn1.Cc1ccc2ccccc2n1.Cc1ccccn1.Cc1cccnc1.Cc1cccnn1.Cc1ccncc1.Cc1ccncn1.Cc1cnccn1.Cc1cnncn1.Cc1ncc2ccccc2n1.Cc1ncccn1.Cc1nccnn1.Cc1ncncn1. The van der Waals surface area contributed by atoms with Crippen molar-refractivity contribution in [1.29, 1.82) is 0 Å². The van der Waals surface area contributed by atoms with Crippen LogP contribution in [0.3, 0.4) is 0 Å². The molecule has 0 radical (unpaired) electrons. The van der Waals surface area contributed by atoms with E-state index in [0.29, 0.717) is 5.82 Å². The highest BCUT2D eigenvalue weighted by atomic mass is 15.1. The number of nitrogens with zero attached hydrogens (tertiary/aromatic N) is 24. The van der Waals surface area contributed by atoms with Gasteiger partial charge < -0.3 is 0 Å². The van der Waals surface area contributed by atoms with E-state index in [1.807, 2.05) is 223 Å². The molecule has 0 fully saturated rings. The second-order valence-corrected chi connectivity index (χ2v) is 21.3. The lowest BCUT2D eigenvalue weighted by Crippen LogP contribution is -1.86. The largest absolute Gasteiger partial charge is 0.265 e. The molecule has 13 heterocycles. The maximum atomic E-state index is 4.38. The number of aromatic nitrogens is 24. The first kappa shape index (κ1) is 82.0. The minimum Gasteiger partial charge on any atom is -0.265 e. The van der Waals surface area contributed by atoms with Gasteiger partial charge in [-0.15, -0.1) is 10.2 Å². The van der Waals surface area contributed by atoms with Crippen molar-refractivity contribution in [2.75, 3.05) is 0 Å². The topological polar surface area (TPSA) is 309 Å². The summed E-state index contributed by atoms with van der Waals surface area (Å²) in [6, 6.07) is 51.7. The van der Waals surface area contributed by atoms with Gasteiger partial charge in [0.1, 0.15) is 48.6 Å². The molecule has 0 saturated carbocycles. The summed E-state index contributed by atoms with van der Waals surface area (Å²) in [5, 5.41) is 26.4. The van der Waals surface area contributed by atoms with Crippen LogP contribution in [0.1, 0.15) is 74.3 Å². The standard InChI is InChI=1S/2C10H9N.C9H8N2.3C6H7N.4C5H6N2.3C4H5N3/c1-8-6-9-4-2-3-5-10(9)7-11-8;1-8-6-7-9-4-2-3-5-10(9)11-8;1-7-10-6-8-4-2-3-5-9(8)11-7;1-6-2-4-7-5-3-6;1-6-3-2-4-7-5-6;1-6-4-2-3-5-7-6;1-5-4-6-2-3-7-5;1-5-2-3-6-4-7-5;1-5-6-3-2-4-7-5;1-5-3-2-4-6-7-5;1-4-6-2-5-3-7-4;1-4-2-6-7-3-5-4;1-4-5-2-3-6-7-4/h2*2-7H,1H3;2-6H,1H3;3*2-5H,1H3;4*2-4H,1H3;3*2-3H,1H3. The molecule has 0 N–H and O–H groups in total. The summed E-state index contributed by atoms with van der Waals surface area (Å²) in [5.41, 5.74) is 11.6. The van der Waals surface area contributed by atoms with Gasteiger partial charge in [-0.1, -0.05) is 78.9 Å². The molecule has 0 amide bonds. The smallest absolute Gasteiger partial charge is 0.147 e. The Morgan fingerprint density at radius 2 is 0.767 bits per heavy atom. The van der Waals surface area contributed by atoms with Crippen molar-refractivity contribution >= 4 is 32.6 Å². The quantitative estimate of drug-likeness (QED) is 0.136. The van der Waals surface area contributed by atoms with Crippen molar-refractivity contribution < 1.29 is 0 Å². The number of hydrogen-bond donors (Lipinski definition) is 0. The Kier molecular flexibility index (Phi) is 41.3. The minimum atomic E-state index is 0.711. The molecule has 24 heteroatoms. The predicted octanol–water partition coefficient (Wildman–Crippen LogP) is 14.9. The van der Waals surface area contributed by atoms with Gasteiger partial charge in [0, 0.05) is 132 Å². The fourth-order valence-electron chi connectivity index (χ4n) is 7.14. The highest BCUT2D eigenvalue weighted by Gasteiger charge is 1.94. The molecule has 0 aliphatic heterocycles. The van der Waals surface area contributed by atoms with Crippen LogP contribution in [0.2, 0.25) is 0 Å². The van der Waals surface area contributed by atoms with Crippen LogP contribution in [-0.2, 0) is 0 Å². The second kappa shape index (κ2) is 51.8. The lowest BCUT2D eigenvalue weighted by molar-refractivity contribution is 0.907. The van der Waals surface area contributed by atoms with Crippen LogP contribution in [0, 0.1) is 90.0 Å². The van der Waals surface area contributed by atoms with Crippen molar-refractivity contribution in [2.24, 2.45) is 0 Å². The van der Waals surface area contributed by atoms with Crippen LogP contribution in [0.4, 0.5) is 0 Å². The third-order valence-corrected chi connectivity index (χ3v) is 12.3. The lowest BCUT2D eigenvalue weighted by atomic mass is 10.1. The van der Waals surface area contributed by atoms with Crippen LogP contribution in [0.5, 0.6) is 0 Å². The first-order valence-corrected chi connectivity index (χ1v) is 32.2. The fourth-order valence-corrected chi connectivity index (χ4v) is 7.14. The van der Waals surface area contributed by atoms with Gasteiger partial charge in [0.25, 0.3) is 0 Å². The van der Waals surface area contributed by atoms with Gasteiger partial charge in [-0.2, -0.15) is 20.4 Å².